The summed E-state index contributed by atoms with van der Waals surface area (Å²) in [6.07, 6.45) is 0.984. The molecule has 88 valence electrons. The fourth-order valence-electron chi connectivity index (χ4n) is 1.59. The molecule has 0 aromatic carbocycles. The average Bonchev–Trinajstić information content (AvgIpc) is 2.68. The Hall–Kier alpha value is -0.420. The van der Waals surface area contributed by atoms with Crippen LogP contribution in [0.15, 0.2) is 0 Å². The molecule has 0 aromatic rings. The van der Waals surface area contributed by atoms with E-state index in [1.54, 1.807) is 6.92 Å². The van der Waals surface area contributed by atoms with Gasteiger partial charge in [0.1, 0.15) is 0 Å². The molecule has 0 radical (unpaired) electrons. The van der Waals surface area contributed by atoms with Gasteiger partial charge in [-0.25, -0.2) is 0 Å². The van der Waals surface area contributed by atoms with Gasteiger partial charge >= 0.3 is 5.97 Å². The SMILES string of the molecule is COC(=O)C(C)CS(=O)CC1CCOC1. The topological polar surface area (TPSA) is 52.6 Å². The van der Waals surface area contributed by atoms with E-state index < -0.39 is 10.8 Å². The van der Waals surface area contributed by atoms with Gasteiger partial charge in [-0.15, -0.1) is 0 Å². The molecule has 0 saturated carbocycles. The Morgan fingerprint density at radius 1 is 1.67 bits per heavy atom. The van der Waals surface area contributed by atoms with Crippen LogP contribution in [0.3, 0.4) is 0 Å². The molecular formula is C10H18O4S. The summed E-state index contributed by atoms with van der Waals surface area (Å²) < 4.78 is 21.5. The van der Waals surface area contributed by atoms with Crippen LogP contribution in [0.5, 0.6) is 0 Å². The molecule has 1 saturated heterocycles. The van der Waals surface area contributed by atoms with Crippen molar-refractivity contribution in [2.45, 2.75) is 13.3 Å². The van der Waals surface area contributed by atoms with Crippen molar-refractivity contribution in [3.05, 3.63) is 0 Å². The Morgan fingerprint density at radius 2 is 2.40 bits per heavy atom. The minimum Gasteiger partial charge on any atom is -0.469 e. The number of carbonyl (C=O) groups excluding carboxylic acids is 1. The number of ether oxygens (including phenoxy) is 2. The third kappa shape index (κ3) is 4.30. The molecule has 4 nitrogen and oxygen atoms in total. The number of carbonyl (C=O) groups is 1. The van der Waals surface area contributed by atoms with Crippen molar-refractivity contribution in [1.82, 2.24) is 0 Å². The lowest BCUT2D eigenvalue weighted by Gasteiger charge is -2.10. The second kappa shape index (κ2) is 6.23. The zero-order valence-electron chi connectivity index (χ0n) is 9.23. The summed E-state index contributed by atoms with van der Waals surface area (Å²) in [6.45, 7) is 3.22. The lowest BCUT2D eigenvalue weighted by molar-refractivity contribution is -0.144. The largest absolute Gasteiger partial charge is 0.469 e. The summed E-state index contributed by atoms with van der Waals surface area (Å²) in [7, 11) is 0.411. The lowest BCUT2D eigenvalue weighted by Crippen LogP contribution is -2.23. The van der Waals surface area contributed by atoms with E-state index >= 15 is 0 Å². The number of hydrogen-bond donors (Lipinski definition) is 0. The quantitative estimate of drug-likeness (QED) is 0.653. The predicted octanol–water partition coefficient (Wildman–Crippen LogP) is 0.581. The standard InChI is InChI=1S/C10H18O4S/c1-8(10(11)13-2)6-15(12)7-9-3-4-14-5-9/h8-9H,3-7H2,1-2H3. The third-order valence-electron chi connectivity index (χ3n) is 2.49. The van der Waals surface area contributed by atoms with Crippen LogP contribution >= 0.6 is 0 Å². The molecule has 0 aromatic heterocycles. The van der Waals surface area contributed by atoms with Crippen molar-refractivity contribution in [3.63, 3.8) is 0 Å². The monoisotopic (exact) mass is 234 g/mol. The van der Waals surface area contributed by atoms with E-state index in [2.05, 4.69) is 4.74 Å². The van der Waals surface area contributed by atoms with Crippen molar-refractivity contribution in [2.24, 2.45) is 11.8 Å². The summed E-state index contributed by atoms with van der Waals surface area (Å²) in [5.41, 5.74) is 0. The van der Waals surface area contributed by atoms with Crippen molar-refractivity contribution in [2.75, 3.05) is 31.8 Å². The van der Waals surface area contributed by atoms with E-state index in [0.29, 0.717) is 24.0 Å². The van der Waals surface area contributed by atoms with E-state index in [1.165, 1.54) is 7.11 Å². The van der Waals surface area contributed by atoms with Gasteiger partial charge in [0, 0.05) is 28.9 Å². The van der Waals surface area contributed by atoms with E-state index in [1.807, 2.05) is 0 Å². The molecule has 0 N–H and O–H groups in total. The summed E-state index contributed by atoms with van der Waals surface area (Å²) in [5, 5.41) is 0. The normalized spacial score (nSPS) is 24.8. The molecule has 3 unspecified atom stereocenters. The lowest BCUT2D eigenvalue weighted by atomic mass is 10.2. The van der Waals surface area contributed by atoms with Gasteiger partial charge in [-0.1, -0.05) is 6.92 Å². The Kier molecular flexibility index (Phi) is 5.25. The second-order valence-corrected chi connectivity index (χ2v) is 5.47. The van der Waals surface area contributed by atoms with Crippen LogP contribution in [0, 0.1) is 11.8 Å². The molecule has 1 aliphatic heterocycles. The average molecular weight is 234 g/mol. The van der Waals surface area contributed by atoms with Crippen LogP contribution in [-0.4, -0.2) is 42.0 Å². The summed E-state index contributed by atoms with van der Waals surface area (Å²) >= 11 is 0. The first-order valence-corrected chi connectivity index (χ1v) is 6.62. The second-order valence-electron chi connectivity index (χ2n) is 3.93. The number of esters is 1. The number of rotatable bonds is 5. The molecule has 0 amide bonds. The van der Waals surface area contributed by atoms with Crippen LogP contribution in [0.1, 0.15) is 13.3 Å². The maximum absolute atomic E-state index is 11.7. The maximum Gasteiger partial charge on any atom is 0.309 e. The molecule has 1 heterocycles. The van der Waals surface area contributed by atoms with Crippen LogP contribution in [0.2, 0.25) is 0 Å². The van der Waals surface area contributed by atoms with Gasteiger partial charge in [0.25, 0.3) is 0 Å². The number of hydrogen-bond acceptors (Lipinski definition) is 4. The smallest absolute Gasteiger partial charge is 0.309 e. The van der Waals surface area contributed by atoms with Gasteiger partial charge in [0.2, 0.25) is 0 Å². The molecule has 3 atom stereocenters. The molecule has 1 rings (SSSR count). The van der Waals surface area contributed by atoms with Crippen molar-refractivity contribution < 1.29 is 18.5 Å². The van der Waals surface area contributed by atoms with Gasteiger partial charge < -0.3 is 9.47 Å². The van der Waals surface area contributed by atoms with Crippen LogP contribution in [0.4, 0.5) is 0 Å². The molecule has 1 aliphatic rings. The van der Waals surface area contributed by atoms with E-state index in [9.17, 15) is 9.00 Å². The highest BCUT2D eigenvalue weighted by atomic mass is 32.2. The molecule has 0 spiro atoms. The molecular weight excluding hydrogens is 216 g/mol. The van der Waals surface area contributed by atoms with E-state index in [-0.39, 0.29) is 11.9 Å². The van der Waals surface area contributed by atoms with Crippen molar-refractivity contribution >= 4 is 16.8 Å². The molecule has 5 heteroatoms. The number of methoxy groups -OCH3 is 1. The first-order chi connectivity index (χ1) is 7.13. The molecule has 0 bridgehead atoms. The molecule has 0 aliphatic carbocycles. The van der Waals surface area contributed by atoms with Crippen LogP contribution < -0.4 is 0 Å². The zero-order chi connectivity index (χ0) is 11.3. The minimum absolute atomic E-state index is 0.279. The third-order valence-corrected chi connectivity index (χ3v) is 4.20. The molecule has 15 heavy (non-hydrogen) atoms. The summed E-state index contributed by atoms with van der Waals surface area (Å²) in [6, 6.07) is 0. The Labute approximate surface area is 92.8 Å². The fourth-order valence-corrected chi connectivity index (χ4v) is 3.21. The zero-order valence-corrected chi connectivity index (χ0v) is 10.0. The fraction of sp³-hybridized carbons (Fsp3) is 0.900. The van der Waals surface area contributed by atoms with Crippen molar-refractivity contribution in [3.8, 4) is 0 Å². The van der Waals surface area contributed by atoms with Gasteiger partial charge in [0.05, 0.1) is 19.6 Å². The molecule has 1 fully saturated rings. The van der Waals surface area contributed by atoms with Gasteiger partial charge in [-0.2, -0.15) is 0 Å². The summed E-state index contributed by atoms with van der Waals surface area (Å²) in [5.74, 6) is 0.865. The van der Waals surface area contributed by atoms with Gasteiger partial charge in [-0.05, 0) is 12.3 Å². The van der Waals surface area contributed by atoms with Crippen LogP contribution in [-0.2, 0) is 25.1 Å². The highest BCUT2D eigenvalue weighted by Gasteiger charge is 2.21. The maximum atomic E-state index is 11.7. The Morgan fingerprint density at radius 3 is 2.93 bits per heavy atom. The Bertz CT molecular complexity index is 236. The van der Waals surface area contributed by atoms with E-state index in [0.717, 1.165) is 13.0 Å². The van der Waals surface area contributed by atoms with Crippen LogP contribution in [0.25, 0.3) is 0 Å². The van der Waals surface area contributed by atoms with E-state index in [4.69, 9.17) is 4.74 Å². The predicted molar refractivity (Wildman–Crippen MR) is 58.0 cm³/mol. The summed E-state index contributed by atoms with van der Waals surface area (Å²) in [4.78, 5) is 11.1. The highest BCUT2D eigenvalue weighted by Crippen LogP contribution is 2.14. The van der Waals surface area contributed by atoms with Gasteiger partial charge in [-0.3, -0.25) is 9.00 Å². The Balaban J connectivity index is 2.25. The highest BCUT2D eigenvalue weighted by molar-refractivity contribution is 7.85. The van der Waals surface area contributed by atoms with Crippen molar-refractivity contribution in [1.29, 1.82) is 0 Å². The minimum atomic E-state index is -0.943. The first-order valence-electron chi connectivity index (χ1n) is 5.14. The first kappa shape index (κ1) is 12.6. The van der Waals surface area contributed by atoms with Gasteiger partial charge in [0.15, 0.2) is 0 Å².